The van der Waals surface area contributed by atoms with Crippen LogP contribution in [-0.4, -0.2) is 12.0 Å². The lowest BCUT2D eigenvalue weighted by Crippen LogP contribution is -1.71. The minimum atomic E-state index is 1.24. The van der Waals surface area contributed by atoms with E-state index < -0.39 is 0 Å². The Bertz CT molecular complexity index is 5.25. The second kappa shape index (κ2) is 3.35. The first-order valence-electron chi connectivity index (χ1n) is 1.40. The van der Waals surface area contributed by atoms with Gasteiger partial charge in [-0.1, -0.05) is 0 Å². The molecule has 0 heterocycles. The number of hydrogen-bond acceptors (Lipinski definition) is 1. The molecule has 0 aliphatic heterocycles. The minimum absolute atomic E-state index is 1.24. The maximum Gasteiger partial charge on any atom is 0.193 e. The van der Waals surface area contributed by atoms with Crippen LogP contribution in [0.5, 0.6) is 0 Å². The average Bonchev–Trinajstić information content (AvgIpc) is 1.37. The number of thioether (sulfide) groups is 1. The van der Waals surface area contributed by atoms with Crippen molar-refractivity contribution in [3.63, 3.8) is 0 Å². The van der Waals surface area contributed by atoms with Gasteiger partial charge in [-0.15, -0.1) is 0 Å². The molecule has 0 aromatic carbocycles. The molecule has 0 aromatic heterocycles. The van der Waals surface area contributed by atoms with E-state index in [2.05, 4.69) is 13.2 Å². The molecule has 4 heavy (non-hydrogen) atoms. The van der Waals surface area contributed by atoms with Gasteiger partial charge in [0.2, 0.25) is 0 Å². The summed E-state index contributed by atoms with van der Waals surface area (Å²) in [6, 6.07) is 0. The van der Waals surface area contributed by atoms with Crippen LogP contribution >= 0.6 is 0 Å². The van der Waals surface area contributed by atoms with Gasteiger partial charge in [0, 0.05) is 0 Å². The molecule has 0 saturated heterocycles. The largest absolute Gasteiger partial charge is 0.193 e. The van der Waals surface area contributed by atoms with Gasteiger partial charge in [0.25, 0.3) is 0 Å². The fourth-order valence-electron chi connectivity index (χ4n) is 0. The highest BCUT2D eigenvalue weighted by atomic mass is 32.2. The topological polar surface area (TPSA) is 0 Å². The first-order chi connectivity index (χ1) is 1.91. The van der Waals surface area contributed by atoms with Crippen molar-refractivity contribution in [2.45, 2.75) is 6.92 Å². The van der Waals surface area contributed by atoms with Gasteiger partial charge in [0.15, 0.2) is 17.5 Å². The molecule has 0 atom stereocenters. The Labute approximate surface area is 31.6 Å². The molecule has 0 amide bonds. The van der Waals surface area contributed by atoms with E-state index in [4.69, 9.17) is 0 Å². The molecule has 0 spiro atoms. The summed E-state index contributed by atoms with van der Waals surface area (Å²) < 4.78 is 0. The van der Waals surface area contributed by atoms with Gasteiger partial charge in [-0.25, -0.2) is 0 Å². The maximum absolute atomic E-state index is 2.14. The van der Waals surface area contributed by atoms with Crippen molar-refractivity contribution < 1.29 is 0 Å². The van der Waals surface area contributed by atoms with Gasteiger partial charge < -0.3 is 0 Å². The summed E-state index contributed by atoms with van der Waals surface area (Å²) in [5.74, 6) is 1.24. The zero-order valence-electron chi connectivity index (χ0n) is 3.12. The Morgan fingerprint density at radius 1 is 1.75 bits per heavy atom. The average molecular weight is 76.2 g/mol. The number of rotatable bonds is 1. The van der Waals surface area contributed by atoms with E-state index in [0.29, 0.717) is 0 Å². The van der Waals surface area contributed by atoms with Crippen LogP contribution in [0, 0.1) is 0 Å². The van der Waals surface area contributed by atoms with Crippen LogP contribution < -0.4 is 0 Å². The second-order valence-electron chi connectivity index (χ2n) is 0.577. The molecule has 0 nitrogen and oxygen atoms in total. The van der Waals surface area contributed by atoms with Gasteiger partial charge in [0.05, 0.1) is 0 Å². The molecule has 0 unspecified atom stereocenters. The smallest absolute Gasteiger partial charge is 0.0150 e. The predicted molar refractivity (Wildman–Crippen MR) is 23.8 cm³/mol. The van der Waals surface area contributed by atoms with Crippen molar-refractivity contribution in [2.24, 2.45) is 0 Å². The van der Waals surface area contributed by atoms with Crippen LogP contribution in [0.2, 0.25) is 0 Å². The number of hydrogen-bond donors (Lipinski definition) is 0. The Balaban J connectivity index is 1.97. The van der Waals surface area contributed by atoms with E-state index >= 15 is 0 Å². The third-order valence-electron chi connectivity index (χ3n) is 0.289. The molecule has 1 heteroatoms. The summed E-state index contributed by atoms with van der Waals surface area (Å²) in [5, 5.41) is 0. The summed E-state index contributed by atoms with van der Waals surface area (Å²) in [7, 11) is 0. The Morgan fingerprint density at radius 2 is 2.00 bits per heavy atom. The molecule has 0 aromatic rings. The van der Waals surface area contributed by atoms with E-state index in [1.165, 1.54) is 5.75 Å². The van der Waals surface area contributed by atoms with Crippen LogP contribution in [0.1, 0.15) is 6.92 Å². The molecule has 1 radical (unpaired) electrons. The molecule has 0 N–H and O–H groups in total. The fraction of sp³-hybridized carbons (Fsp3) is 1.00. The zero-order chi connectivity index (χ0) is 3.41. The van der Waals surface area contributed by atoms with Crippen molar-refractivity contribution in [3.05, 3.63) is 0 Å². The fourth-order valence-corrected chi connectivity index (χ4v) is 0. The Kier molecular flexibility index (Phi) is 3.64. The molecule has 0 fully saturated rings. The normalized spacial score (nSPS) is 7.50. The second-order valence-corrected chi connectivity index (χ2v) is 1.73. The van der Waals surface area contributed by atoms with E-state index in [0.717, 1.165) is 0 Å². The first kappa shape index (κ1) is 4.35. The third-order valence-corrected chi connectivity index (χ3v) is 0.866. The summed E-state index contributed by atoms with van der Waals surface area (Å²) >= 11 is 1.86. The summed E-state index contributed by atoms with van der Waals surface area (Å²) in [5.41, 5.74) is 0. The summed E-state index contributed by atoms with van der Waals surface area (Å²) in [6.45, 7) is 2.14. The lowest BCUT2D eigenvalue weighted by Gasteiger charge is -1.48. The van der Waals surface area contributed by atoms with E-state index in [1.807, 2.05) is 11.8 Å². The van der Waals surface area contributed by atoms with Crippen LogP contribution in [-0.2, 0) is 11.8 Å². The standard InChI is InChI=1S/C3H8S/c1-3-4-2/h3H2,1-2H3/q+1. The molecule has 0 saturated carbocycles. The van der Waals surface area contributed by atoms with Crippen molar-refractivity contribution in [1.29, 1.82) is 0 Å². The van der Waals surface area contributed by atoms with Crippen molar-refractivity contribution >= 4 is 11.8 Å². The van der Waals surface area contributed by atoms with Gasteiger partial charge >= 0.3 is 0 Å². The maximum atomic E-state index is 2.14. The summed E-state index contributed by atoms with van der Waals surface area (Å²) in [6.07, 6.45) is 2.10. The van der Waals surface area contributed by atoms with E-state index in [9.17, 15) is 0 Å². The highest BCUT2D eigenvalue weighted by Crippen LogP contribution is 1.54. The van der Waals surface area contributed by atoms with Crippen LogP contribution in [0.3, 0.4) is 0 Å². The Hall–Kier alpha value is 0.350. The van der Waals surface area contributed by atoms with Gasteiger partial charge in [0.1, 0.15) is 6.26 Å². The van der Waals surface area contributed by atoms with Crippen molar-refractivity contribution in [2.75, 3.05) is 12.0 Å². The predicted octanol–water partition coefficient (Wildman–Crippen LogP) is 0.719. The van der Waals surface area contributed by atoms with Crippen molar-refractivity contribution in [3.8, 4) is 0 Å². The molecule has 25 valence electrons. The highest BCUT2D eigenvalue weighted by molar-refractivity contribution is 7.77. The SMILES string of the molecule is CC[S+]C. The van der Waals surface area contributed by atoms with Gasteiger partial charge in [-0.2, -0.15) is 0 Å². The molecular weight excluding hydrogens is 68.1 g/mol. The molecular formula is C3H8S+. The first-order valence-corrected chi connectivity index (χ1v) is 2.80. The Morgan fingerprint density at radius 3 is 2.00 bits per heavy atom. The van der Waals surface area contributed by atoms with Gasteiger partial charge in [-0.05, 0) is 6.92 Å². The van der Waals surface area contributed by atoms with Crippen LogP contribution in [0.15, 0.2) is 0 Å². The third kappa shape index (κ3) is 2.35. The lowest BCUT2D eigenvalue weighted by molar-refractivity contribution is 1.53. The van der Waals surface area contributed by atoms with Gasteiger partial charge in [-0.3, -0.25) is 0 Å². The molecule has 0 bridgehead atoms. The molecule has 0 aliphatic rings. The highest BCUT2D eigenvalue weighted by Gasteiger charge is 1.77. The zero-order valence-corrected chi connectivity index (χ0v) is 3.93. The molecule has 0 aliphatic carbocycles. The van der Waals surface area contributed by atoms with Crippen LogP contribution in [0.25, 0.3) is 0 Å². The minimum Gasteiger partial charge on any atom is -0.0150 e. The monoisotopic (exact) mass is 76.0 g/mol. The van der Waals surface area contributed by atoms with Crippen molar-refractivity contribution in [1.82, 2.24) is 0 Å². The molecule has 0 rings (SSSR count). The summed E-state index contributed by atoms with van der Waals surface area (Å²) in [4.78, 5) is 0. The quantitative estimate of drug-likeness (QED) is 0.415. The van der Waals surface area contributed by atoms with E-state index in [1.54, 1.807) is 0 Å². The lowest BCUT2D eigenvalue weighted by atomic mass is 11.0. The van der Waals surface area contributed by atoms with Crippen LogP contribution in [0.4, 0.5) is 0 Å². The van der Waals surface area contributed by atoms with E-state index in [-0.39, 0.29) is 0 Å².